The maximum atomic E-state index is 14.0. The molecule has 2 nitrogen and oxygen atoms in total. The fraction of sp³-hybridized carbons (Fsp3) is 0.368. The van der Waals surface area contributed by atoms with Gasteiger partial charge in [-0.05, 0) is 51.7 Å². The lowest BCUT2D eigenvalue weighted by Gasteiger charge is -2.42. The second-order valence-corrected chi connectivity index (χ2v) is 7.54. The Labute approximate surface area is 145 Å². The summed E-state index contributed by atoms with van der Waals surface area (Å²) in [6, 6.07) is 15.1. The van der Waals surface area contributed by atoms with Crippen LogP contribution in [0.15, 0.2) is 46.9 Å². The molecule has 0 bridgehead atoms. The molecule has 23 heavy (non-hydrogen) atoms. The van der Waals surface area contributed by atoms with E-state index < -0.39 is 0 Å². The zero-order chi connectivity index (χ0) is 16.0. The Morgan fingerprint density at radius 1 is 1.17 bits per heavy atom. The Morgan fingerprint density at radius 3 is 2.74 bits per heavy atom. The molecule has 2 unspecified atom stereocenters. The van der Waals surface area contributed by atoms with Crippen molar-refractivity contribution in [3.05, 3.63) is 69.4 Å². The van der Waals surface area contributed by atoms with Crippen LogP contribution in [-0.2, 0) is 13.1 Å². The Kier molecular flexibility index (Phi) is 4.00. The highest BCUT2D eigenvalue weighted by atomic mass is 79.9. The average molecular weight is 375 g/mol. The minimum absolute atomic E-state index is 0.154. The number of hydrogen-bond donors (Lipinski definition) is 0. The van der Waals surface area contributed by atoms with Crippen LogP contribution < -0.4 is 0 Å². The van der Waals surface area contributed by atoms with Crippen molar-refractivity contribution in [3.8, 4) is 0 Å². The highest BCUT2D eigenvalue weighted by Crippen LogP contribution is 2.40. The molecule has 0 N–H and O–H groups in total. The largest absolute Gasteiger partial charge is 0.296 e. The maximum absolute atomic E-state index is 14.0. The number of hydrogen-bond acceptors (Lipinski definition) is 2. The van der Waals surface area contributed by atoms with E-state index in [9.17, 15) is 4.39 Å². The molecule has 2 heterocycles. The van der Waals surface area contributed by atoms with Gasteiger partial charge in [-0.1, -0.05) is 30.3 Å². The van der Waals surface area contributed by atoms with Gasteiger partial charge in [0.05, 0.1) is 4.47 Å². The molecule has 0 aliphatic carbocycles. The summed E-state index contributed by atoms with van der Waals surface area (Å²) < 4.78 is 14.6. The molecular weight excluding hydrogens is 355 g/mol. The molecule has 2 aliphatic heterocycles. The highest BCUT2D eigenvalue weighted by Gasteiger charge is 2.39. The lowest BCUT2D eigenvalue weighted by Crippen LogP contribution is -2.50. The number of fused-ring (bicyclic) bond motifs is 3. The first-order chi connectivity index (χ1) is 11.1. The number of halogens is 2. The molecule has 2 aliphatic rings. The molecule has 4 heteroatoms. The van der Waals surface area contributed by atoms with Crippen LogP contribution >= 0.6 is 15.9 Å². The van der Waals surface area contributed by atoms with Crippen molar-refractivity contribution in [2.24, 2.45) is 0 Å². The van der Waals surface area contributed by atoms with Crippen LogP contribution in [-0.4, -0.2) is 28.9 Å². The first-order valence-corrected chi connectivity index (χ1v) is 8.91. The number of rotatable bonds is 2. The van der Waals surface area contributed by atoms with Crippen molar-refractivity contribution in [3.63, 3.8) is 0 Å². The highest BCUT2D eigenvalue weighted by molar-refractivity contribution is 9.10. The summed E-state index contributed by atoms with van der Waals surface area (Å²) in [5, 5.41) is 0. The zero-order valence-corrected chi connectivity index (χ0v) is 14.8. The number of piperazine rings is 1. The summed E-state index contributed by atoms with van der Waals surface area (Å²) in [6.45, 7) is 6.20. The maximum Gasteiger partial charge on any atom is 0.137 e. The Hall–Kier alpha value is -1.23. The van der Waals surface area contributed by atoms with Crippen LogP contribution in [0.2, 0.25) is 0 Å². The summed E-state index contributed by atoms with van der Waals surface area (Å²) in [4.78, 5) is 5.01. The van der Waals surface area contributed by atoms with Crippen molar-refractivity contribution in [1.82, 2.24) is 9.80 Å². The van der Waals surface area contributed by atoms with Crippen molar-refractivity contribution < 1.29 is 4.39 Å². The van der Waals surface area contributed by atoms with Gasteiger partial charge in [-0.25, -0.2) is 4.39 Å². The van der Waals surface area contributed by atoms with Crippen molar-refractivity contribution in [2.45, 2.75) is 32.1 Å². The summed E-state index contributed by atoms with van der Waals surface area (Å²) in [6.07, 6.45) is 0. The fourth-order valence-corrected chi connectivity index (χ4v) is 4.36. The Morgan fingerprint density at radius 2 is 1.96 bits per heavy atom. The first kappa shape index (κ1) is 15.3. The molecule has 0 amide bonds. The molecule has 1 fully saturated rings. The van der Waals surface area contributed by atoms with Gasteiger partial charge in [0.25, 0.3) is 0 Å². The van der Waals surface area contributed by atoms with Gasteiger partial charge in [0.1, 0.15) is 5.82 Å². The van der Waals surface area contributed by atoms with Gasteiger partial charge in [0, 0.05) is 38.3 Å². The molecule has 2 atom stereocenters. The topological polar surface area (TPSA) is 6.48 Å². The monoisotopic (exact) mass is 374 g/mol. The smallest absolute Gasteiger partial charge is 0.137 e. The van der Waals surface area contributed by atoms with E-state index in [2.05, 4.69) is 63.0 Å². The van der Waals surface area contributed by atoms with E-state index in [4.69, 9.17) is 0 Å². The van der Waals surface area contributed by atoms with E-state index in [1.165, 1.54) is 11.1 Å². The van der Waals surface area contributed by atoms with Crippen molar-refractivity contribution in [2.75, 3.05) is 13.1 Å². The summed E-state index contributed by atoms with van der Waals surface area (Å²) >= 11 is 3.32. The first-order valence-electron chi connectivity index (χ1n) is 8.11. The van der Waals surface area contributed by atoms with E-state index in [1.807, 2.05) is 6.07 Å². The molecule has 0 spiro atoms. The fourth-order valence-electron chi connectivity index (χ4n) is 3.97. The van der Waals surface area contributed by atoms with Gasteiger partial charge in [-0.15, -0.1) is 0 Å². The molecule has 0 radical (unpaired) electrons. The molecule has 0 saturated carbocycles. The normalized spacial score (nSPS) is 24.5. The van der Waals surface area contributed by atoms with Gasteiger partial charge in [0.2, 0.25) is 0 Å². The minimum Gasteiger partial charge on any atom is -0.296 e. The second kappa shape index (κ2) is 6.00. The van der Waals surface area contributed by atoms with Gasteiger partial charge < -0.3 is 0 Å². The van der Waals surface area contributed by atoms with Gasteiger partial charge in [-0.2, -0.15) is 0 Å². The van der Waals surface area contributed by atoms with Crippen LogP contribution in [0, 0.1) is 5.82 Å². The number of benzene rings is 2. The molecule has 0 aromatic heterocycles. The third-order valence-electron chi connectivity index (χ3n) is 5.06. The standard InChI is InChI=1S/C19H20BrFN2/c1-13-9-22(10-14-5-3-2-4-6-14)12-19-16-8-18(21)17(20)7-15(16)11-23(13)19/h2-8,13,19H,9-12H2,1H3. The summed E-state index contributed by atoms with van der Waals surface area (Å²) in [5.41, 5.74) is 3.76. The third kappa shape index (κ3) is 2.84. The van der Waals surface area contributed by atoms with E-state index in [0.717, 1.165) is 31.7 Å². The Bertz CT molecular complexity index is 719. The molecule has 4 rings (SSSR count). The SMILES string of the molecule is CC1CN(Cc2ccccc2)CC2c3cc(F)c(Br)cc3CN12. The zero-order valence-electron chi connectivity index (χ0n) is 13.2. The van der Waals surface area contributed by atoms with Crippen LogP contribution in [0.25, 0.3) is 0 Å². The van der Waals surface area contributed by atoms with Crippen LogP contribution in [0.4, 0.5) is 4.39 Å². The van der Waals surface area contributed by atoms with Gasteiger partial charge in [-0.3, -0.25) is 9.80 Å². The van der Waals surface area contributed by atoms with Crippen molar-refractivity contribution in [1.29, 1.82) is 0 Å². The van der Waals surface area contributed by atoms with Crippen LogP contribution in [0.5, 0.6) is 0 Å². The summed E-state index contributed by atoms with van der Waals surface area (Å²) in [7, 11) is 0. The predicted octanol–water partition coefficient (Wildman–Crippen LogP) is 4.35. The molecular formula is C19H20BrFN2. The second-order valence-electron chi connectivity index (χ2n) is 6.68. The molecule has 2 aromatic rings. The molecule has 120 valence electrons. The van der Waals surface area contributed by atoms with Crippen LogP contribution in [0.3, 0.4) is 0 Å². The quantitative estimate of drug-likeness (QED) is 0.770. The molecule has 1 saturated heterocycles. The lowest BCUT2D eigenvalue weighted by molar-refractivity contribution is 0.0338. The van der Waals surface area contributed by atoms with Gasteiger partial charge >= 0.3 is 0 Å². The molecule has 2 aromatic carbocycles. The summed E-state index contributed by atoms with van der Waals surface area (Å²) in [5.74, 6) is -0.154. The van der Waals surface area contributed by atoms with Crippen molar-refractivity contribution >= 4 is 15.9 Å². The van der Waals surface area contributed by atoms with Crippen LogP contribution in [0.1, 0.15) is 29.7 Å². The van der Waals surface area contributed by atoms with E-state index in [-0.39, 0.29) is 5.82 Å². The van der Waals surface area contributed by atoms with E-state index in [1.54, 1.807) is 6.07 Å². The van der Waals surface area contributed by atoms with E-state index >= 15 is 0 Å². The predicted molar refractivity (Wildman–Crippen MR) is 93.6 cm³/mol. The van der Waals surface area contributed by atoms with E-state index in [0.29, 0.717) is 16.6 Å². The minimum atomic E-state index is -0.154. The average Bonchev–Trinajstić information content (AvgIpc) is 2.87. The van der Waals surface area contributed by atoms with Gasteiger partial charge in [0.15, 0.2) is 0 Å². The lowest BCUT2D eigenvalue weighted by atomic mass is 10.0. The third-order valence-corrected chi connectivity index (χ3v) is 5.67. The number of nitrogens with zero attached hydrogens (tertiary/aromatic N) is 2. The Balaban J connectivity index is 1.59.